The molecule has 18 heavy (non-hydrogen) atoms. The monoisotopic (exact) mass is 255 g/mol. The standard InChI is InChI=1S/C10H7NO6.H2O/c12-4-7(5-13)8-3-6(10(14)15)1-2-9(8)11(16)17;/h1-5,12H,(H,14,15);1H2/b7-4-;. The first-order valence-corrected chi connectivity index (χ1v) is 4.33. The second kappa shape index (κ2) is 6.11. The van der Waals surface area contributed by atoms with E-state index in [1.165, 1.54) is 0 Å². The fourth-order valence-electron chi connectivity index (χ4n) is 1.22. The van der Waals surface area contributed by atoms with Crippen molar-refractivity contribution in [2.75, 3.05) is 0 Å². The van der Waals surface area contributed by atoms with Crippen LogP contribution >= 0.6 is 0 Å². The first-order valence-electron chi connectivity index (χ1n) is 4.33. The number of carbonyl (C=O) groups is 2. The molecule has 1 aromatic carbocycles. The average molecular weight is 255 g/mol. The molecular weight excluding hydrogens is 246 g/mol. The minimum Gasteiger partial charge on any atom is -0.515 e. The molecule has 0 fully saturated rings. The summed E-state index contributed by atoms with van der Waals surface area (Å²) in [6.45, 7) is 0. The number of carboxylic acid groups (broad SMARTS) is 1. The van der Waals surface area contributed by atoms with Crippen molar-refractivity contribution in [3.63, 3.8) is 0 Å². The molecule has 1 aromatic rings. The maximum absolute atomic E-state index is 10.7. The summed E-state index contributed by atoms with van der Waals surface area (Å²) in [4.78, 5) is 31.2. The number of nitro benzene ring substituents is 1. The van der Waals surface area contributed by atoms with Gasteiger partial charge in [-0.2, -0.15) is 0 Å². The molecule has 0 saturated heterocycles. The van der Waals surface area contributed by atoms with Crippen LogP contribution in [-0.4, -0.2) is 32.9 Å². The van der Waals surface area contributed by atoms with E-state index in [2.05, 4.69) is 0 Å². The Kier molecular flexibility index (Phi) is 5.18. The van der Waals surface area contributed by atoms with Gasteiger partial charge in [-0.25, -0.2) is 4.79 Å². The lowest BCUT2D eigenvalue weighted by atomic mass is 10.0. The molecule has 4 N–H and O–H groups in total. The largest absolute Gasteiger partial charge is 0.515 e. The molecular formula is C10H9NO7. The zero-order valence-electron chi connectivity index (χ0n) is 8.86. The lowest BCUT2D eigenvalue weighted by molar-refractivity contribution is -0.385. The fourth-order valence-corrected chi connectivity index (χ4v) is 1.22. The highest BCUT2D eigenvalue weighted by atomic mass is 16.6. The van der Waals surface area contributed by atoms with Crippen molar-refractivity contribution in [1.29, 1.82) is 0 Å². The number of carbonyl (C=O) groups excluding carboxylic acids is 1. The first kappa shape index (κ1) is 15.3. The van der Waals surface area contributed by atoms with E-state index in [-0.39, 0.29) is 28.5 Å². The Balaban J connectivity index is 0.00000289. The van der Waals surface area contributed by atoms with Crippen molar-refractivity contribution in [3.05, 3.63) is 45.7 Å². The van der Waals surface area contributed by atoms with Crippen molar-refractivity contribution >= 4 is 23.5 Å². The lowest BCUT2D eigenvalue weighted by Gasteiger charge is -2.02. The quantitative estimate of drug-likeness (QED) is 0.264. The number of hydrogen-bond donors (Lipinski definition) is 2. The highest BCUT2D eigenvalue weighted by Crippen LogP contribution is 2.25. The van der Waals surface area contributed by atoms with E-state index in [4.69, 9.17) is 10.2 Å². The van der Waals surface area contributed by atoms with E-state index in [0.29, 0.717) is 6.26 Å². The number of rotatable bonds is 4. The third-order valence-corrected chi connectivity index (χ3v) is 2.02. The second-order valence-corrected chi connectivity index (χ2v) is 3.00. The molecule has 0 saturated carbocycles. The van der Waals surface area contributed by atoms with Gasteiger partial charge in [0.2, 0.25) is 0 Å². The predicted molar refractivity (Wildman–Crippen MR) is 60.3 cm³/mol. The van der Waals surface area contributed by atoms with Crippen molar-refractivity contribution in [3.8, 4) is 0 Å². The van der Waals surface area contributed by atoms with Crippen LogP contribution < -0.4 is 0 Å². The summed E-state index contributed by atoms with van der Waals surface area (Å²) < 4.78 is 0. The van der Waals surface area contributed by atoms with Gasteiger partial charge in [-0.05, 0) is 12.1 Å². The Morgan fingerprint density at radius 2 is 2.00 bits per heavy atom. The molecule has 0 amide bonds. The van der Waals surface area contributed by atoms with Crippen LogP contribution in [0.4, 0.5) is 5.69 Å². The van der Waals surface area contributed by atoms with Gasteiger partial charge in [0, 0.05) is 6.07 Å². The molecule has 8 nitrogen and oxygen atoms in total. The second-order valence-electron chi connectivity index (χ2n) is 3.00. The molecule has 0 aliphatic heterocycles. The van der Waals surface area contributed by atoms with Crippen LogP contribution in [0.3, 0.4) is 0 Å². The zero-order chi connectivity index (χ0) is 13.0. The number of carboxylic acids is 1. The van der Waals surface area contributed by atoms with E-state index in [1.807, 2.05) is 0 Å². The Bertz CT molecular complexity index is 521. The molecule has 0 aromatic heterocycles. The van der Waals surface area contributed by atoms with E-state index in [0.717, 1.165) is 18.2 Å². The fraction of sp³-hybridized carbons (Fsp3) is 0. The molecule has 0 aliphatic carbocycles. The topological polar surface area (TPSA) is 149 Å². The van der Waals surface area contributed by atoms with E-state index >= 15 is 0 Å². The van der Waals surface area contributed by atoms with Gasteiger partial charge < -0.3 is 15.7 Å². The van der Waals surface area contributed by atoms with Crippen molar-refractivity contribution in [2.24, 2.45) is 0 Å². The minimum absolute atomic E-state index is 0. The number of nitro groups is 1. The Morgan fingerprint density at radius 1 is 1.39 bits per heavy atom. The van der Waals surface area contributed by atoms with Gasteiger partial charge >= 0.3 is 5.97 Å². The van der Waals surface area contributed by atoms with Crippen LogP contribution in [0.5, 0.6) is 0 Å². The van der Waals surface area contributed by atoms with Crippen molar-refractivity contribution in [2.45, 2.75) is 0 Å². The van der Waals surface area contributed by atoms with Gasteiger partial charge in [-0.1, -0.05) is 0 Å². The van der Waals surface area contributed by atoms with Crippen LogP contribution in [-0.2, 0) is 4.79 Å². The molecule has 0 aliphatic rings. The summed E-state index contributed by atoms with van der Waals surface area (Å²) in [5.74, 6) is -1.29. The van der Waals surface area contributed by atoms with Crippen LogP contribution in [0.1, 0.15) is 15.9 Å². The molecule has 0 bridgehead atoms. The Morgan fingerprint density at radius 3 is 2.39 bits per heavy atom. The van der Waals surface area contributed by atoms with Crippen LogP contribution in [0.2, 0.25) is 0 Å². The van der Waals surface area contributed by atoms with E-state index < -0.39 is 16.6 Å². The number of nitrogens with zero attached hydrogens (tertiary/aromatic N) is 1. The van der Waals surface area contributed by atoms with E-state index in [1.54, 1.807) is 0 Å². The summed E-state index contributed by atoms with van der Waals surface area (Å²) in [5, 5.41) is 28.2. The minimum atomic E-state index is -1.29. The summed E-state index contributed by atoms with van der Waals surface area (Å²) in [6.07, 6.45) is 0.592. The smallest absolute Gasteiger partial charge is 0.335 e. The van der Waals surface area contributed by atoms with Gasteiger partial charge in [-0.15, -0.1) is 0 Å². The molecule has 0 radical (unpaired) electrons. The maximum atomic E-state index is 10.7. The molecule has 0 spiro atoms. The number of hydrogen-bond acceptors (Lipinski definition) is 5. The summed E-state index contributed by atoms with van der Waals surface area (Å²) in [6, 6.07) is 2.96. The summed E-state index contributed by atoms with van der Waals surface area (Å²) in [5.41, 5.74) is -1.28. The number of aldehydes is 1. The van der Waals surface area contributed by atoms with Crippen LogP contribution in [0.15, 0.2) is 24.5 Å². The number of benzene rings is 1. The van der Waals surface area contributed by atoms with Crippen molar-refractivity contribution < 1.29 is 30.2 Å². The third-order valence-electron chi connectivity index (χ3n) is 2.02. The van der Waals surface area contributed by atoms with Crippen LogP contribution in [0.25, 0.3) is 5.57 Å². The molecule has 96 valence electrons. The van der Waals surface area contributed by atoms with Crippen LogP contribution in [0, 0.1) is 10.1 Å². The Labute approximate surface area is 100 Å². The SMILES string of the molecule is O.O=C/C(=C/O)c1cc(C(=O)O)ccc1[N+](=O)[O-]. The number of allylic oxidation sites excluding steroid dienone is 1. The molecule has 0 unspecified atom stereocenters. The van der Waals surface area contributed by atoms with Gasteiger partial charge in [0.1, 0.15) is 0 Å². The lowest BCUT2D eigenvalue weighted by Crippen LogP contribution is -2.01. The van der Waals surface area contributed by atoms with Gasteiger partial charge in [0.05, 0.1) is 27.9 Å². The van der Waals surface area contributed by atoms with Crippen molar-refractivity contribution in [1.82, 2.24) is 0 Å². The predicted octanol–water partition coefficient (Wildman–Crippen LogP) is 0.566. The molecule has 0 atom stereocenters. The molecule has 8 heteroatoms. The van der Waals surface area contributed by atoms with Gasteiger partial charge in [0.15, 0.2) is 6.29 Å². The number of aliphatic hydroxyl groups is 1. The zero-order valence-corrected chi connectivity index (χ0v) is 8.86. The summed E-state index contributed by atoms with van der Waals surface area (Å²) >= 11 is 0. The van der Waals surface area contributed by atoms with Gasteiger partial charge in [0.25, 0.3) is 5.69 Å². The highest BCUT2D eigenvalue weighted by molar-refractivity contribution is 6.08. The molecule has 1 rings (SSSR count). The summed E-state index contributed by atoms with van der Waals surface area (Å²) in [7, 11) is 0. The van der Waals surface area contributed by atoms with Gasteiger partial charge in [-0.3, -0.25) is 14.9 Å². The number of aliphatic hydroxyl groups excluding tert-OH is 1. The average Bonchev–Trinajstić information content (AvgIpc) is 2.30. The highest BCUT2D eigenvalue weighted by Gasteiger charge is 2.19. The van der Waals surface area contributed by atoms with E-state index in [9.17, 15) is 19.7 Å². The number of aromatic carboxylic acids is 1. The first-order chi connectivity index (χ1) is 8.01. The maximum Gasteiger partial charge on any atom is 0.335 e. The third kappa shape index (κ3) is 2.89. The molecule has 0 heterocycles. The normalized spacial score (nSPS) is 10.3. The Hall–Kier alpha value is -2.74.